The number of hydrogen-bond donors (Lipinski definition) is 2. The Balaban J connectivity index is 2.03. The highest BCUT2D eigenvalue weighted by Crippen LogP contribution is 2.27. The number of sulfonamides is 1. The normalized spacial score (nSPS) is 17.1. The molecule has 0 aromatic heterocycles. The van der Waals surface area contributed by atoms with Crippen LogP contribution < -0.4 is 15.0 Å². The van der Waals surface area contributed by atoms with Crippen molar-refractivity contribution >= 4 is 15.9 Å². The fourth-order valence-corrected chi connectivity index (χ4v) is 4.72. The van der Waals surface area contributed by atoms with E-state index < -0.39 is 10.0 Å². The van der Waals surface area contributed by atoms with Crippen molar-refractivity contribution in [1.82, 2.24) is 9.62 Å². The summed E-state index contributed by atoms with van der Waals surface area (Å²) in [4.78, 5) is 13.4. The van der Waals surface area contributed by atoms with Crippen molar-refractivity contribution in [3.05, 3.63) is 23.8 Å². The third kappa shape index (κ3) is 5.18. The molecule has 1 fully saturated rings. The molecule has 1 amide bonds. The van der Waals surface area contributed by atoms with E-state index in [1.807, 2.05) is 33.8 Å². The molecule has 1 aromatic carbocycles. The zero-order chi connectivity index (χ0) is 19.5. The topological polar surface area (TPSA) is 80.2 Å². The number of benzene rings is 1. The molecule has 2 N–H and O–H groups in total. The summed E-state index contributed by atoms with van der Waals surface area (Å²) in [5.41, 5.74) is 0.608. The van der Waals surface area contributed by atoms with Gasteiger partial charge in [0.05, 0.1) is 33.3 Å². The van der Waals surface area contributed by atoms with Crippen molar-refractivity contribution < 1.29 is 22.8 Å². The minimum Gasteiger partial charge on any atom is -0.495 e. The number of carbonyl (C=O) groups is 1. The molecule has 0 unspecified atom stereocenters. The third-order valence-electron chi connectivity index (χ3n) is 4.29. The summed E-state index contributed by atoms with van der Waals surface area (Å²) < 4.78 is 32.7. The second kappa shape index (κ2) is 7.94. The minimum atomic E-state index is -3.61. The Bertz CT molecular complexity index is 748. The van der Waals surface area contributed by atoms with Gasteiger partial charge in [-0.15, -0.1) is 0 Å². The molecule has 2 rings (SSSR count). The van der Waals surface area contributed by atoms with Crippen molar-refractivity contribution in [3.63, 3.8) is 0 Å². The predicted molar refractivity (Wildman–Crippen MR) is 99.9 cm³/mol. The summed E-state index contributed by atoms with van der Waals surface area (Å²) in [6.45, 7) is 10.0. The van der Waals surface area contributed by atoms with E-state index in [1.165, 1.54) is 11.4 Å². The number of aryl methyl sites for hydroxylation is 1. The van der Waals surface area contributed by atoms with Gasteiger partial charge < -0.3 is 15.0 Å². The Hall–Kier alpha value is -1.64. The number of nitrogens with zero attached hydrogens (tertiary/aromatic N) is 1. The zero-order valence-corrected chi connectivity index (χ0v) is 17.1. The number of hydrogen-bond acceptors (Lipinski definition) is 4. The lowest BCUT2D eigenvalue weighted by Crippen LogP contribution is -3.16. The highest BCUT2D eigenvalue weighted by Gasteiger charge is 2.33. The SMILES string of the molecule is COc1ccc(C)cc1S(=O)(=O)N1CC[NH+](CC(=O)NC(C)(C)C)CC1. The molecular formula is C18H30N3O4S+. The van der Waals surface area contributed by atoms with Crippen molar-refractivity contribution in [3.8, 4) is 5.75 Å². The van der Waals surface area contributed by atoms with Gasteiger partial charge >= 0.3 is 0 Å². The van der Waals surface area contributed by atoms with Crippen LogP contribution >= 0.6 is 0 Å². The van der Waals surface area contributed by atoms with Crippen LogP contribution in [0.2, 0.25) is 0 Å². The van der Waals surface area contributed by atoms with Crippen molar-refractivity contribution in [2.45, 2.75) is 38.1 Å². The lowest BCUT2D eigenvalue weighted by atomic mass is 10.1. The molecule has 0 saturated carbocycles. The van der Waals surface area contributed by atoms with Gasteiger partial charge in [0.2, 0.25) is 10.0 Å². The summed E-state index contributed by atoms with van der Waals surface area (Å²) in [6.07, 6.45) is 0. The van der Waals surface area contributed by atoms with Crippen LogP contribution in [0, 0.1) is 6.92 Å². The number of ether oxygens (including phenoxy) is 1. The Kier molecular flexibility index (Phi) is 6.31. The number of amides is 1. The monoisotopic (exact) mass is 384 g/mol. The van der Waals surface area contributed by atoms with Gasteiger partial charge in [0, 0.05) is 5.54 Å². The van der Waals surface area contributed by atoms with Gasteiger partial charge in [-0.2, -0.15) is 4.31 Å². The van der Waals surface area contributed by atoms with Gasteiger partial charge in [-0.05, 0) is 45.4 Å². The molecule has 0 atom stereocenters. The maximum absolute atomic E-state index is 13.0. The van der Waals surface area contributed by atoms with Gasteiger partial charge in [0.1, 0.15) is 10.6 Å². The van der Waals surface area contributed by atoms with Gasteiger partial charge in [0.15, 0.2) is 6.54 Å². The quantitative estimate of drug-likeness (QED) is 0.737. The highest BCUT2D eigenvalue weighted by atomic mass is 32.2. The number of methoxy groups -OCH3 is 1. The number of piperazine rings is 1. The number of rotatable bonds is 5. The number of quaternary nitrogens is 1. The molecule has 1 aromatic rings. The summed E-state index contributed by atoms with van der Waals surface area (Å²) in [5, 5.41) is 2.95. The second-order valence-electron chi connectivity index (χ2n) is 7.78. The average Bonchev–Trinajstić information content (AvgIpc) is 2.53. The molecule has 1 aliphatic heterocycles. The van der Waals surface area contributed by atoms with E-state index in [9.17, 15) is 13.2 Å². The Labute approximate surface area is 156 Å². The van der Waals surface area contributed by atoms with Crippen LogP contribution in [-0.2, 0) is 14.8 Å². The largest absolute Gasteiger partial charge is 0.495 e. The Morgan fingerprint density at radius 3 is 2.42 bits per heavy atom. The van der Waals surface area contributed by atoms with E-state index in [-0.39, 0.29) is 16.3 Å². The lowest BCUT2D eigenvalue weighted by molar-refractivity contribution is -0.895. The van der Waals surface area contributed by atoms with Crippen LogP contribution in [0.25, 0.3) is 0 Å². The molecule has 26 heavy (non-hydrogen) atoms. The van der Waals surface area contributed by atoms with Crippen molar-refractivity contribution in [2.24, 2.45) is 0 Å². The molecule has 0 bridgehead atoms. The highest BCUT2D eigenvalue weighted by molar-refractivity contribution is 7.89. The van der Waals surface area contributed by atoms with Crippen LogP contribution in [0.15, 0.2) is 23.1 Å². The van der Waals surface area contributed by atoms with Crippen LogP contribution in [-0.4, -0.2) is 64.0 Å². The fourth-order valence-electron chi connectivity index (χ4n) is 3.03. The Morgan fingerprint density at radius 2 is 1.88 bits per heavy atom. The summed E-state index contributed by atoms with van der Waals surface area (Å²) in [5.74, 6) is 0.346. The van der Waals surface area contributed by atoms with E-state index in [0.29, 0.717) is 38.5 Å². The van der Waals surface area contributed by atoms with Gasteiger partial charge in [-0.25, -0.2) is 8.42 Å². The first-order valence-electron chi connectivity index (χ1n) is 8.82. The van der Waals surface area contributed by atoms with E-state index in [1.54, 1.807) is 12.1 Å². The van der Waals surface area contributed by atoms with Crippen LogP contribution in [0.4, 0.5) is 0 Å². The van der Waals surface area contributed by atoms with Gasteiger partial charge in [0.25, 0.3) is 5.91 Å². The summed E-state index contributed by atoms with van der Waals surface area (Å²) in [6, 6.07) is 5.15. The maximum Gasteiger partial charge on any atom is 0.275 e. The molecule has 1 aliphatic rings. The van der Waals surface area contributed by atoms with E-state index >= 15 is 0 Å². The smallest absolute Gasteiger partial charge is 0.275 e. The average molecular weight is 385 g/mol. The lowest BCUT2D eigenvalue weighted by Gasteiger charge is -2.32. The molecule has 7 nitrogen and oxygen atoms in total. The molecule has 8 heteroatoms. The van der Waals surface area contributed by atoms with Crippen molar-refractivity contribution in [1.29, 1.82) is 0 Å². The Morgan fingerprint density at radius 1 is 1.27 bits per heavy atom. The van der Waals surface area contributed by atoms with Gasteiger partial charge in [-0.1, -0.05) is 6.07 Å². The standard InChI is InChI=1S/C18H29N3O4S/c1-14-6-7-15(25-5)16(12-14)26(23,24)21-10-8-20(9-11-21)13-17(22)19-18(2,3)4/h6-7,12H,8-11,13H2,1-5H3,(H,19,22)/p+1. The molecular weight excluding hydrogens is 354 g/mol. The summed E-state index contributed by atoms with van der Waals surface area (Å²) in [7, 11) is -2.14. The molecule has 1 heterocycles. The first kappa shape index (κ1) is 20.7. The van der Waals surface area contributed by atoms with E-state index in [4.69, 9.17) is 4.74 Å². The third-order valence-corrected chi connectivity index (χ3v) is 6.21. The second-order valence-corrected chi connectivity index (χ2v) is 9.69. The van der Waals surface area contributed by atoms with Crippen LogP contribution in [0.3, 0.4) is 0 Å². The van der Waals surface area contributed by atoms with Crippen molar-refractivity contribution in [2.75, 3.05) is 39.8 Å². The molecule has 146 valence electrons. The number of carbonyl (C=O) groups excluding carboxylic acids is 1. The molecule has 0 aliphatic carbocycles. The first-order chi connectivity index (χ1) is 12.0. The minimum absolute atomic E-state index is 0.0100. The summed E-state index contributed by atoms with van der Waals surface area (Å²) >= 11 is 0. The predicted octanol–water partition coefficient (Wildman–Crippen LogP) is -0.192. The fraction of sp³-hybridized carbons (Fsp3) is 0.611. The first-order valence-corrected chi connectivity index (χ1v) is 10.3. The van der Waals surface area contributed by atoms with Crippen LogP contribution in [0.1, 0.15) is 26.3 Å². The maximum atomic E-state index is 13.0. The molecule has 0 spiro atoms. The van der Waals surface area contributed by atoms with Gasteiger partial charge in [-0.3, -0.25) is 4.79 Å². The van der Waals surface area contributed by atoms with E-state index in [2.05, 4.69) is 5.32 Å². The zero-order valence-electron chi connectivity index (χ0n) is 16.3. The van der Waals surface area contributed by atoms with Crippen LogP contribution in [0.5, 0.6) is 5.75 Å². The molecule has 0 radical (unpaired) electrons. The van der Waals surface area contributed by atoms with E-state index in [0.717, 1.165) is 10.5 Å². The molecule has 1 saturated heterocycles. The number of nitrogens with one attached hydrogen (secondary N) is 2.